The second kappa shape index (κ2) is 10.3. The van der Waals surface area contributed by atoms with Crippen LogP contribution in [0.15, 0.2) is 48.8 Å². The van der Waals surface area contributed by atoms with Crippen molar-refractivity contribution in [3.8, 4) is 0 Å². The summed E-state index contributed by atoms with van der Waals surface area (Å²) < 4.78 is 30.4. The molecule has 13 nitrogen and oxygen atoms in total. The van der Waals surface area contributed by atoms with Crippen LogP contribution in [0.2, 0.25) is 5.28 Å². The van der Waals surface area contributed by atoms with E-state index in [4.69, 9.17) is 26.1 Å². The Morgan fingerprint density at radius 1 is 1.03 bits per heavy atom. The maximum atomic E-state index is 12.2. The first-order chi connectivity index (χ1) is 17.9. The van der Waals surface area contributed by atoms with E-state index in [0.717, 1.165) is 16.5 Å². The smallest absolute Gasteiger partial charge is 0.335 e. The van der Waals surface area contributed by atoms with E-state index in [9.17, 15) is 24.2 Å². The number of nitrogens with one attached hydrogen (secondary N) is 1. The number of rotatable bonds is 8. The van der Waals surface area contributed by atoms with E-state index in [1.54, 1.807) is 0 Å². The molecule has 0 bridgehead atoms. The molecule has 202 valence electrons. The minimum atomic E-state index is -4.71. The van der Waals surface area contributed by atoms with Crippen LogP contribution in [0.1, 0.15) is 12.6 Å². The third-order valence-electron chi connectivity index (χ3n) is 6.19. The summed E-state index contributed by atoms with van der Waals surface area (Å²) in [5, 5.41) is 26.3. The number of hydrogen-bond donors (Lipinski definition) is 6. The van der Waals surface area contributed by atoms with Gasteiger partial charge in [-0.25, -0.2) is 4.98 Å². The number of fused-ring (bicyclic) bond motifs is 2. The van der Waals surface area contributed by atoms with Gasteiger partial charge < -0.3 is 34.9 Å². The van der Waals surface area contributed by atoms with Crippen LogP contribution in [-0.4, -0.2) is 74.8 Å². The predicted molar refractivity (Wildman–Crippen MR) is 140 cm³/mol. The molecule has 0 saturated carbocycles. The normalized spacial score (nSPS) is 23.6. The Balaban J connectivity index is 1.39. The van der Waals surface area contributed by atoms with Gasteiger partial charge in [-0.15, -0.1) is 0 Å². The predicted octanol–water partition coefficient (Wildman–Crippen LogP) is 2.79. The highest BCUT2D eigenvalue weighted by molar-refractivity contribution is 7.72. The van der Waals surface area contributed by atoms with Gasteiger partial charge in [0.05, 0.1) is 12.4 Å². The number of aliphatic hydroxyl groups excluding tert-OH is 2. The van der Waals surface area contributed by atoms with Crippen LogP contribution in [-0.2, 0) is 13.9 Å². The lowest BCUT2D eigenvalue weighted by atomic mass is 10.1. The van der Waals surface area contributed by atoms with E-state index < -0.39 is 51.6 Å². The maximum absolute atomic E-state index is 12.2. The van der Waals surface area contributed by atoms with Gasteiger partial charge in [0.25, 0.3) is 0 Å². The molecule has 0 amide bonds. The lowest BCUT2D eigenvalue weighted by molar-refractivity contribution is -0.0354. The van der Waals surface area contributed by atoms with Crippen LogP contribution in [0.4, 0.5) is 11.5 Å². The van der Waals surface area contributed by atoms with Crippen molar-refractivity contribution in [1.29, 1.82) is 0 Å². The molecular weight excluding hydrogens is 560 g/mol. The number of benzene rings is 2. The number of halogens is 1. The second-order valence-electron chi connectivity index (χ2n) is 9.06. The molecule has 1 aliphatic rings. The molecule has 5 atom stereocenters. The number of ether oxygens (including phenoxy) is 1. The van der Waals surface area contributed by atoms with E-state index in [1.807, 2.05) is 42.5 Å². The van der Waals surface area contributed by atoms with E-state index in [-0.39, 0.29) is 17.4 Å². The lowest BCUT2D eigenvalue weighted by Crippen LogP contribution is -2.32. The molecule has 0 radical (unpaired) electrons. The standard InChI is InChI=1S/C22H24ClN5O8P2/c23-22-26-19(25-14-6-5-12-3-1-2-4-13(12)9-14)16-20(27-22)28(10-24-16)21-18(30)17(29)15(36-21)7-8-37(31,32)11-38(33,34)35/h1-6,9-10,15,17-18,21,29-30H,7-8,11H2,(H,31,32)(H,25,26,27)(H2,33,34,35)/t15-,17+,18?,21-/m1/s1. The first-order valence-electron chi connectivity index (χ1n) is 11.4. The first kappa shape index (κ1) is 27.1. The van der Waals surface area contributed by atoms with E-state index in [0.29, 0.717) is 11.3 Å². The van der Waals surface area contributed by atoms with Gasteiger partial charge in [0, 0.05) is 11.8 Å². The number of aromatic nitrogens is 4. The summed E-state index contributed by atoms with van der Waals surface area (Å²) in [5.74, 6) is -0.874. The van der Waals surface area contributed by atoms with Gasteiger partial charge in [0.15, 0.2) is 23.2 Å². The molecule has 5 rings (SSSR count). The number of anilines is 2. The van der Waals surface area contributed by atoms with Gasteiger partial charge >= 0.3 is 7.60 Å². The highest BCUT2D eigenvalue weighted by Crippen LogP contribution is 2.55. The van der Waals surface area contributed by atoms with E-state index in [2.05, 4.69) is 20.3 Å². The summed E-state index contributed by atoms with van der Waals surface area (Å²) in [6.07, 6.45) is -4.55. The van der Waals surface area contributed by atoms with Gasteiger partial charge in [0.2, 0.25) is 12.7 Å². The Labute approximate surface area is 220 Å². The van der Waals surface area contributed by atoms with E-state index in [1.165, 1.54) is 10.9 Å². The molecule has 16 heteroatoms. The van der Waals surface area contributed by atoms with Gasteiger partial charge in [-0.05, 0) is 40.9 Å². The Hall–Kier alpha value is -2.44. The summed E-state index contributed by atoms with van der Waals surface area (Å²) in [5.41, 5.74) is 1.25. The molecule has 1 aliphatic heterocycles. The quantitative estimate of drug-likeness (QED) is 0.131. The summed E-state index contributed by atoms with van der Waals surface area (Å²) in [6.45, 7) is 0. The fourth-order valence-corrected chi connectivity index (χ4v) is 8.14. The Morgan fingerprint density at radius 2 is 1.76 bits per heavy atom. The number of imidazole rings is 1. The van der Waals surface area contributed by atoms with Crippen molar-refractivity contribution in [1.82, 2.24) is 19.5 Å². The van der Waals surface area contributed by atoms with Crippen LogP contribution >= 0.6 is 26.6 Å². The van der Waals surface area contributed by atoms with E-state index >= 15 is 0 Å². The van der Waals surface area contributed by atoms with Crippen molar-refractivity contribution in [3.63, 3.8) is 0 Å². The van der Waals surface area contributed by atoms with Crippen molar-refractivity contribution in [2.45, 2.75) is 31.0 Å². The molecule has 1 fully saturated rings. The first-order valence-corrected chi connectivity index (χ1v) is 15.6. The molecule has 6 N–H and O–H groups in total. The molecule has 4 aromatic rings. The van der Waals surface area contributed by atoms with Gasteiger partial charge in [-0.1, -0.05) is 30.3 Å². The lowest BCUT2D eigenvalue weighted by Gasteiger charge is -2.18. The van der Waals surface area contributed by atoms with Crippen molar-refractivity contribution >= 4 is 60.0 Å². The fraction of sp³-hybridized carbons (Fsp3) is 0.318. The average molecular weight is 584 g/mol. The van der Waals surface area contributed by atoms with Crippen LogP contribution in [0, 0.1) is 0 Å². The highest BCUT2D eigenvalue weighted by atomic mass is 35.5. The monoisotopic (exact) mass is 583 g/mol. The van der Waals surface area contributed by atoms with Crippen LogP contribution < -0.4 is 5.32 Å². The van der Waals surface area contributed by atoms with Gasteiger partial charge in [0.1, 0.15) is 18.1 Å². The van der Waals surface area contributed by atoms with Crippen molar-refractivity contribution < 1.29 is 38.8 Å². The van der Waals surface area contributed by atoms with Gasteiger partial charge in [-0.3, -0.25) is 13.7 Å². The van der Waals surface area contributed by atoms with Crippen molar-refractivity contribution in [2.75, 3.05) is 17.4 Å². The molecule has 38 heavy (non-hydrogen) atoms. The number of hydrogen-bond acceptors (Lipinski definition) is 9. The van der Waals surface area contributed by atoms with Crippen LogP contribution in [0.3, 0.4) is 0 Å². The number of nitrogens with zero attached hydrogens (tertiary/aromatic N) is 4. The van der Waals surface area contributed by atoms with Crippen molar-refractivity contribution in [3.05, 3.63) is 54.1 Å². The zero-order chi connectivity index (χ0) is 27.2. The molecule has 2 aromatic heterocycles. The summed E-state index contributed by atoms with van der Waals surface area (Å²) in [6, 6.07) is 13.6. The molecular formula is C22H24ClN5O8P2. The molecule has 1 saturated heterocycles. The minimum absolute atomic E-state index is 0.106. The Kier molecular flexibility index (Phi) is 7.34. The molecule has 0 aliphatic carbocycles. The Morgan fingerprint density at radius 3 is 2.50 bits per heavy atom. The molecule has 2 aromatic carbocycles. The third kappa shape index (κ3) is 5.76. The van der Waals surface area contributed by atoms with Crippen LogP contribution in [0.5, 0.6) is 0 Å². The summed E-state index contributed by atoms with van der Waals surface area (Å²) in [4.78, 5) is 40.7. The summed E-state index contributed by atoms with van der Waals surface area (Å²) in [7, 11) is -8.91. The SMILES string of the molecule is O=P(O)(O)CP(=O)(O)CC[C@H]1O[C@@H](n2cnc3c(Nc4ccc5ccccc5c4)nc(Cl)nc32)C(O)[C@H]1O. The molecule has 3 heterocycles. The number of aliphatic hydroxyl groups is 2. The summed E-state index contributed by atoms with van der Waals surface area (Å²) >= 11 is 6.19. The van der Waals surface area contributed by atoms with Crippen LogP contribution in [0.25, 0.3) is 21.9 Å². The maximum Gasteiger partial charge on any atom is 0.335 e. The fourth-order valence-electron chi connectivity index (χ4n) is 4.45. The third-order valence-corrected chi connectivity index (χ3v) is 10.6. The Bertz CT molecular complexity index is 1600. The molecule has 2 unspecified atom stereocenters. The topological polar surface area (TPSA) is 200 Å². The zero-order valence-electron chi connectivity index (χ0n) is 19.6. The van der Waals surface area contributed by atoms with Crippen molar-refractivity contribution in [2.24, 2.45) is 0 Å². The zero-order valence-corrected chi connectivity index (χ0v) is 22.1. The molecule has 0 spiro atoms. The minimum Gasteiger partial charge on any atom is -0.388 e. The second-order valence-corrected chi connectivity index (χ2v) is 14.0. The average Bonchev–Trinajstić information content (AvgIpc) is 3.37. The highest BCUT2D eigenvalue weighted by Gasteiger charge is 2.45. The van der Waals surface area contributed by atoms with Gasteiger partial charge in [-0.2, -0.15) is 9.97 Å². The largest absolute Gasteiger partial charge is 0.388 e.